The second-order valence-electron chi connectivity index (χ2n) is 6.89. The van der Waals surface area contributed by atoms with Crippen LogP contribution in [0.25, 0.3) is 0 Å². The summed E-state index contributed by atoms with van der Waals surface area (Å²) in [5.41, 5.74) is 2.51. The molecule has 128 valence electrons. The minimum Gasteiger partial charge on any atom is -0.370 e. The summed E-state index contributed by atoms with van der Waals surface area (Å²) in [6, 6.07) is 13.5. The first-order valence-corrected chi connectivity index (χ1v) is 9.00. The van der Waals surface area contributed by atoms with Gasteiger partial charge < -0.3 is 5.32 Å². The highest BCUT2D eigenvalue weighted by atomic mass is 15.2. The van der Waals surface area contributed by atoms with Gasteiger partial charge in [-0.25, -0.2) is 9.97 Å². The topological polar surface area (TPSA) is 41.0 Å². The second-order valence-corrected chi connectivity index (χ2v) is 6.89. The summed E-state index contributed by atoms with van der Waals surface area (Å²) in [6.45, 7) is 9.61. The van der Waals surface area contributed by atoms with Crippen LogP contribution in [-0.4, -0.2) is 34.0 Å². The van der Waals surface area contributed by atoms with E-state index in [0.717, 1.165) is 43.4 Å². The van der Waals surface area contributed by atoms with E-state index in [1.807, 2.05) is 6.92 Å². The molecule has 4 heteroatoms. The van der Waals surface area contributed by atoms with Crippen molar-refractivity contribution in [3.05, 3.63) is 53.5 Å². The Bertz CT molecular complexity index is 656. The van der Waals surface area contributed by atoms with Crippen molar-refractivity contribution in [2.45, 2.75) is 46.2 Å². The number of nitrogens with one attached hydrogen (secondary N) is 1. The fraction of sp³-hybridized carbons (Fsp3) is 0.500. The predicted molar refractivity (Wildman–Crippen MR) is 99.1 cm³/mol. The predicted octanol–water partition coefficient (Wildman–Crippen LogP) is 3.67. The van der Waals surface area contributed by atoms with Crippen LogP contribution >= 0.6 is 0 Å². The lowest BCUT2D eigenvalue weighted by atomic mass is 10.1. The molecule has 0 bridgehead atoms. The number of benzene rings is 1. The van der Waals surface area contributed by atoms with Crippen molar-refractivity contribution < 1.29 is 0 Å². The van der Waals surface area contributed by atoms with Crippen LogP contribution in [0, 0.1) is 12.8 Å². The quantitative estimate of drug-likeness (QED) is 0.880. The molecule has 4 nitrogen and oxygen atoms in total. The molecule has 1 fully saturated rings. The van der Waals surface area contributed by atoms with E-state index in [9.17, 15) is 0 Å². The van der Waals surface area contributed by atoms with Gasteiger partial charge in [-0.1, -0.05) is 37.3 Å². The van der Waals surface area contributed by atoms with Crippen LogP contribution in [-0.2, 0) is 13.0 Å². The summed E-state index contributed by atoms with van der Waals surface area (Å²) in [7, 11) is 0. The standard InChI is InChI=1S/C20H28N4/c1-4-19-11-20(23-16(3)22-19)21-12-18-10-15(2)24(14-18)13-17-8-6-5-7-9-17/h5-9,11,15,18H,4,10,12-14H2,1-3H3,(H,21,22,23). The number of aryl methyl sites for hydroxylation is 2. The van der Waals surface area contributed by atoms with Gasteiger partial charge in [-0.05, 0) is 38.2 Å². The lowest BCUT2D eigenvalue weighted by Crippen LogP contribution is -2.27. The Morgan fingerprint density at radius 2 is 2.00 bits per heavy atom. The largest absolute Gasteiger partial charge is 0.370 e. The van der Waals surface area contributed by atoms with Crippen LogP contribution < -0.4 is 5.32 Å². The first kappa shape index (κ1) is 16.9. The van der Waals surface area contributed by atoms with Gasteiger partial charge in [0.15, 0.2) is 0 Å². The molecule has 0 radical (unpaired) electrons. The molecule has 1 aliphatic rings. The van der Waals surface area contributed by atoms with Crippen molar-refractivity contribution in [3.63, 3.8) is 0 Å². The van der Waals surface area contributed by atoms with Gasteiger partial charge in [0.1, 0.15) is 11.6 Å². The van der Waals surface area contributed by atoms with Gasteiger partial charge in [-0.3, -0.25) is 4.90 Å². The lowest BCUT2D eigenvalue weighted by Gasteiger charge is -2.21. The Morgan fingerprint density at radius 3 is 2.75 bits per heavy atom. The zero-order chi connectivity index (χ0) is 16.9. The summed E-state index contributed by atoms with van der Waals surface area (Å²) in [5.74, 6) is 2.49. The zero-order valence-corrected chi connectivity index (χ0v) is 15.0. The molecule has 2 heterocycles. The third kappa shape index (κ3) is 4.32. The fourth-order valence-electron chi connectivity index (χ4n) is 3.55. The van der Waals surface area contributed by atoms with Crippen molar-refractivity contribution in [3.8, 4) is 0 Å². The molecule has 0 aliphatic carbocycles. The van der Waals surface area contributed by atoms with Crippen LogP contribution in [0.4, 0.5) is 5.82 Å². The van der Waals surface area contributed by atoms with Crippen LogP contribution in [0.15, 0.2) is 36.4 Å². The van der Waals surface area contributed by atoms with Gasteiger partial charge in [-0.15, -0.1) is 0 Å². The van der Waals surface area contributed by atoms with Gasteiger partial charge in [0, 0.05) is 37.4 Å². The van der Waals surface area contributed by atoms with E-state index in [1.165, 1.54) is 12.0 Å². The molecule has 0 saturated carbocycles. The summed E-state index contributed by atoms with van der Waals surface area (Å²) in [4.78, 5) is 11.5. The van der Waals surface area contributed by atoms with E-state index >= 15 is 0 Å². The number of hydrogen-bond acceptors (Lipinski definition) is 4. The van der Waals surface area contributed by atoms with Crippen LogP contribution in [0.3, 0.4) is 0 Å². The molecule has 2 aromatic rings. The van der Waals surface area contributed by atoms with Gasteiger partial charge in [0.25, 0.3) is 0 Å². The fourth-order valence-corrected chi connectivity index (χ4v) is 3.55. The monoisotopic (exact) mass is 324 g/mol. The van der Waals surface area contributed by atoms with Gasteiger partial charge in [0.2, 0.25) is 0 Å². The highest BCUT2D eigenvalue weighted by Crippen LogP contribution is 2.25. The summed E-state index contributed by atoms with van der Waals surface area (Å²) >= 11 is 0. The molecule has 1 N–H and O–H groups in total. The molecule has 0 amide bonds. The van der Waals surface area contributed by atoms with Crippen LogP contribution in [0.5, 0.6) is 0 Å². The van der Waals surface area contributed by atoms with Crippen molar-refractivity contribution in [1.29, 1.82) is 0 Å². The first-order valence-electron chi connectivity index (χ1n) is 9.00. The maximum absolute atomic E-state index is 4.51. The van der Waals surface area contributed by atoms with Gasteiger partial charge in [-0.2, -0.15) is 0 Å². The molecule has 1 aromatic heterocycles. The second kappa shape index (κ2) is 7.75. The maximum atomic E-state index is 4.51. The summed E-state index contributed by atoms with van der Waals surface area (Å²) in [6.07, 6.45) is 2.19. The number of hydrogen-bond donors (Lipinski definition) is 1. The minimum absolute atomic E-state index is 0.635. The van der Waals surface area contributed by atoms with Crippen LogP contribution in [0.1, 0.15) is 37.4 Å². The van der Waals surface area contributed by atoms with Crippen molar-refractivity contribution in [2.24, 2.45) is 5.92 Å². The highest BCUT2D eigenvalue weighted by molar-refractivity contribution is 5.36. The molecule has 1 aromatic carbocycles. The number of rotatable bonds is 6. The molecule has 0 spiro atoms. The zero-order valence-electron chi connectivity index (χ0n) is 15.0. The molecular formula is C20H28N4. The van der Waals surface area contributed by atoms with E-state index in [4.69, 9.17) is 0 Å². The third-order valence-electron chi connectivity index (χ3n) is 4.84. The molecule has 3 rings (SSSR count). The molecule has 24 heavy (non-hydrogen) atoms. The van der Waals surface area contributed by atoms with Crippen molar-refractivity contribution >= 4 is 5.82 Å². The molecular weight excluding hydrogens is 296 g/mol. The SMILES string of the molecule is CCc1cc(NCC2CC(C)N(Cc3ccccc3)C2)nc(C)n1. The van der Waals surface area contributed by atoms with Crippen LogP contribution in [0.2, 0.25) is 0 Å². The van der Waals surface area contributed by atoms with Gasteiger partial charge in [0.05, 0.1) is 0 Å². The number of nitrogens with zero attached hydrogens (tertiary/aromatic N) is 3. The molecule has 2 atom stereocenters. The molecule has 1 aliphatic heterocycles. The lowest BCUT2D eigenvalue weighted by molar-refractivity contribution is 0.256. The first-order chi connectivity index (χ1) is 11.6. The summed E-state index contributed by atoms with van der Waals surface area (Å²) < 4.78 is 0. The van der Waals surface area contributed by atoms with Gasteiger partial charge >= 0.3 is 0 Å². The Kier molecular flexibility index (Phi) is 5.46. The number of anilines is 1. The Labute approximate surface area is 145 Å². The maximum Gasteiger partial charge on any atom is 0.129 e. The average molecular weight is 324 g/mol. The number of likely N-dealkylation sites (tertiary alicyclic amines) is 1. The van der Waals surface area contributed by atoms with E-state index in [2.05, 4.69) is 70.4 Å². The molecule has 2 unspecified atom stereocenters. The van der Waals surface area contributed by atoms with E-state index in [-0.39, 0.29) is 0 Å². The molecule has 1 saturated heterocycles. The third-order valence-corrected chi connectivity index (χ3v) is 4.84. The normalized spacial score (nSPS) is 21.1. The van der Waals surface area contributed by atoms with Crippen molar-refractivity contribution in [2.75, 3.05) is 18.4 Å². The Morgan fingerprint density at radius 1 is 1.21 bits per heavy atom. The minimum atomic E-state index is 0.635. The highest BCUT2D eigenvalue weighted by Gasteiger charge is 2.28. The van der Waals surface area contributed by atoms with Crippen molar-refractivity contribution in [1.82, 2.24) is 14.9 Å². The Hall–Kier alpha value is -1.94. The Balaban J connectivity index is 1.54. The number of aromatic nitrogens is 2. The smallest absolute Gasteiger partial charge is 0.129 e. The summed E-state index contributed by atoms with van der Waals surface area (Å²) in [5, 5.41) is 3.53. The average Bonchev–Trinajstić information content (AvgIpc) is 2.93. The van der Waals surface area contributed by atoms with E-state index in [1.54, 1.807) is 0 Å². The van der Waals surface area contributed by atoms with E-state index < -0.39 is 0 Å². The van der Waals surface area contributed by atoms with E-state index in [0.29, 0.717) is 12.0 Å².